The molecule has 2 aromatic rings. The van der Waals surface area contributed by atoms with Gasteiger partial charge in [0.2, 0.25) is 0 Å². The monoisotopic (exact) mass is 341 g/mol. The van der Waals surface area contributed by atoms with Crippen LogP contribution in [0.15, 0.2) is 22.7 Å². The lowest BCUT2D eigenvalue weighted by molar-refractivity contribution is 0.652. The molecule has 102 valence electrons. The van der Waals surface area contributed by atoms with Crippen LogP contribution in [0, 0.1) is 13.8 Å². The van der Waals surface area contributed by atoms with Crippen molar-refractivity contribution in [3.63, 3.8) is 0 Å². The average molecular weight is 343 g/mol. The normalized spacial score (nSPS) is 12.7. The van der Waals surface area contributed by atoms with E-state index in [0.29, 0.717) is 0 Å². The summed E-state index contributed by atoms with van der Waals surface area (Å²) in [6.07, 6.45) is 0. The van der Waals surface area contributed by atoms with Crippen LogP contribution in [-0.4, -0.2) is 16.8 Å². The van der Waals surface area contributed by atoms with Gasteiger partial charge in [-0.1, -0.05) is 17.7 Å². The first kappa shape index (κ1) is 14.6. The van der Waals surface area contributed by atoms with Crippen LogP contribution in [0.2, 0.25) is 5.02 Å². The summed E-state index contributed by atoms with van der Waals surface area (Å²) in [5.74, 6) is 0. The summed E-state index contributed by atoms with van der Waals surface area (Å²) >= 11 is 9.90. The minimum absolute atomic E-state index is 0.230. The fourth-order valence-electron chi connectivity index (χ4n) is 2.03. The van der Waals surface area contributed by atoms with Crippen molar-refractivity contribution < 1.29 is 0 Å². The second-order valence-electron chi connectivity index (χ2n) is 4.61. The first-order valence-corrected chi connectivity index (χ1v) is 7.31. The Morgan fingerprint density at radius 3 is 2.53 bits per heavy atom. The molecule has 0 saturated heterocycles. The summed E-state index contributed by atoms with van der Waals surface area (Å²) in [4.78, 5) is 0. The van der Waals surface area contributed by atoms with Gasteiger partial charge in [0.05, 0.1) is 21.5 Å². The number of aromatic nitrogens is 2. The van der Waals surface area contributed by atoms with Gasteiger partial charge in [0.1, 0.15) is 0 Å². The Bertz CT molecular complexity index is 607. The number of aryl methyl sites for hydroxylation is 1. The van der Waals surface area contributed by atoms with Crippen LogP contribution in [0.4, 0.5) is 0 Å². The van der Waals surface area contributed by atoms with Crippen LogP contribution in [0.5, 0.6) is 0 Å². The lowest BCUT2D eigenvalue weighted by Gasteiger charge is -2.14. The summed E-state index contributed by atoms with van der Waals surface area (Å²) in [5, 5.41) is 8.46. The molecule has 5 heteroatoms. The third-order valence-corrected chi connectivity index (χ3v) is 4.81. The summed E-state index contributed by atoms with van der Waals surface area (Å²) in [6.45, 7) is 6.09. The van der Waals surface area contributed by atoms with Crippen molar-refractivity contribution in [2.45, 2.75) is 26.8 Å². The highest BCUT2D eigenvalue weighted by Crippen LogP contribution is 2.28. The van der Waals surface area contributed by atoms with Crippen molar-refractivity contribution >= 4 is 27.5 Å². The first-order chi connectivity index (χ1) is 8.95. The highest BCUT2D eigenvalue weighted by molar-refractivity contribution is 9.10. The molecule has 0 aliphatic heterocycles. The highest BCUT2D eigenvalue weighted by Gasteiger charge is 2.13. The van der Waals surface area contributed by atoms with Gasteiger partial charge in [-0.3, -0.25) is 0 Å². The van der Waals surface area contributed by atoms with E-state index in [0.717, 1.165) is 32.1 Å². The van der Waals surface area contributed by atoms with Crippen LogP contribution in [0.3, 0.4) is 0 Å². The Balaban J connectivity index is 2.47. The predicted octanol–water partition coefficient (Wildman–Crippen LogP) is 4.19. The third kappa shape index (κ3) is 2.71. The van der Waals surface area contributed by atoms with E-state index >= 15 is 0 Å². The molecular weight excluding hydrogens is 326 g/mol. The van der Waals surface area contributed by atoms with Crippen molar-refractivity contribution in [2.24, 2.45) is 0 Å². The van der Waals surface area contributed by atoms with E-state index < -0.39 is 0 Å². The number of benzene rings is 1. The van der Waals surface area contributed by atoms with Gasteiger partial charge in [-0.25, -0.2) is 4.68 Å². The van der Waals surface area contributed by atoms with Crippen LogP contribution in [0.1, 0.15) is 29.9 Å². The van der Waals surface area contributed by atoms with E-state index in [-0.39, 0.29) is 6.04 Å². The molecular formula is C14H17BrClN3. The molecule has 0 bridgehead atoms. The fourth-order valence-corrected chi connectivity index (χ4v) is 2.62. The molecule has 1 heterocycles. The maximum atomic E-state index is 6.36. The zero-order valence-corrected chi connectivity index (χ0v) is 13.8. The van der Waals surface area contributed by atoms with E-state index in [2.05, 4.69) is 33.3 Å². The molecule has 0 aliphatic rings. The van der Waals surface area contributed by atoms with Gasteiger partial charge in [-0.05, 0) is 61.4 Å². The number of halogens is 2. The van der Waals surface area contributed by atoms with Gasteiger partial charge in [-0.15, -0.1) is 0 Å². The number of nitrogens with zero attached hydrogens (tertiary/aromatic N) is 2. The molecule has 0 fully saturated rings. The maximum absolute atomic E-state index is 6.36. The number of hydrogen-bond acceptors (Lipinski definition) is 2. The van der Waals surface area contributed by atoms with Gasteiger partial charge >= 0.3 is 0 Å². The summed E-state index contributed by atoms with van der Waals surface area (Å²) in [6, 6.07) is 6.27. The van der Waals surface area contributed by atoms with Crippen molar-refractivity contribution in [2.75, 3.05) is 7.05 Å². The van der Waals surface area contributed by atoms with Crippen LogP contribution in [0.25, 0.3) is 5.69 Å². The Labute approximate surface area is 127 Å². The SMILES string of the molecule is CNC(C)c1ccc(-n2nc(C)c(Br)c2C)cc1Cl. The van der Waals surface area contributed by atoms with Gasteiger partial charge in [-0.2, -0.15) is 5.10 Å². The van der Waals surface area contributed by atoms with Crippen LogP contribution in [-0.2, 0) is 0 Å². The molecule has 1 atom stereocenters. The Hall–Kier alpha value is -0.840. The van der Waals surface area contributed by atoms with Crippen molar-refractivity contribution in [1.29, 1.82) is 0 Å². The summed E-state index contributed by atoms with van der Waals surface area (Å²) < 4.78 is 2.94. The second-order valence-corrected chi connectivity index (χ2v) is 5.81. The zero-order chi connectivity index (χ0) is 14.2. The third-order valence-electron chi connectivity index (χ3n) is 3.33. The molecule has 1 unspecified atom stereocenters. The number of rotatable bonds is 3. The average Bonchev–Trinajstić information content (AvgIpc) is 2.65. The van der Waals surface area contributed by atoms with E-state index in [4.69, 9.17) is 11.6 Å². The largest absolute Gasteiger partial charge is 0.313 e. The molecule has 1 N–H and O–H groups in total. The molecule has 0 saturated carbocycles. The van der Waals surface area contributed by atoms with E-state index in [9.17, 15) is 0 Å². The first-order valence-electron chi connectivity index (χ1n) is 6.14. The summed E-state index contributed by atoms with van der Waals surface area (Å²) in [7, 11) is 1.92. The molecule has 0 radical (unpaired) electrons. The standard InChI is InChI=1S/C14H17BrClN3/c1-8(17-4)12-6-5-11(7-13(12)16)19-10(3)14(15)9(2)18-19/h5-8,17H,1-4H3. The van der Waals surface area contributed by atoms with E-state index in [1.165, 1.54) is 0 Å². The maximum Gasteiger partial charge on any atom is 0.0743 e. The molecule has 0 amide bonds. The Morgan fingerprint density at radius 1 is 1.37 bits per heavy atom. The Kier molecular flexibility index (Phi) is 4.33. The van der Waals surface area contributed by atoms with Gasteiger partial charge in [0, 0.05) is 11.1 Å². The van der Waals surface area contributed by atoms with Crippen molar-refractivity contribution in [3.8, 4) is 5.69 Å². The van der Waals surface area contributed by atoms with Gasteiger partial charge in [0.15, 0.2) is 0 Å². The van der Waals surface area contributed by atoms with Gasteiger partial charge < -0.3 is 5.32 Å². The molecule has 3 nitrogen and oxygen atoms in total. The molecule has 0 spiro atoms. The minimum atomic E-state index is 0.230. The lowest BCUT2D eigenvalue weighted by atomic mass is 10.1. The minimum Gasteiger partial charge on any atom is -0.313 e. The van der Waals surface area contributed by atoms with Crippen molar-refractivity contribution in [1.82, 2.24) is 15.1 Å². The molecule has 0 aliphatic carbocycles. The number of hydrogen-bond donors (Lipinski definition) is 1. The predicted molar refractivity (Wildman–Crippen MR) is 83.2 cm³/mol. The van der Waals surface area contributed by atoms with Crippen LogP contribution < -0.4 is 5.32 Å². The lowest BCUT2D eigenvalue weighted by Crippen LogP contribution is -2.13. The zero-order valence-electron chi connectivity index (χ0n) is 11.5. The quantitative estimate of drug-likeness (QED) is 0.906. The summed E-state index contributed by atoms with van der Waals surface area (Å²) in [5.41, 5.74) is 4.11. The highest BCUT2D eigenvalue weighted by atomic mass is 79.9. The second kappa shape index (κ2) is 5.65. The van der Waals surface area contributed by atoms with Gasteiger partial charge in [0.25, 0.3) is 0 Å². The molecule has 1 aromatic heterocycles. The van der Waals surface area contributed by atoms with E-state index in [1.807, 2.05) is 43.8 Å². The van der Waals surface area contributed by atoms with Crippen LogP contribution >= 0.6 is 27.5 Å². The molecule has 19 heavy (non-hydrogen) atoms. The smallest absolute Gasteiger partial charge is 0.0743 e. The molecule has 1 aromatic carbocycles. The topological polar surface area (TPSA) is 29.9 Å². The fraction of sp³-hybridized carbons (Fsp3) is 0.357. The Morgan fingerprint density at radius 2 is 2.05 bits per heavy atom. The number of nitrogens with one attached hydrogen (secondary N) is 1. The van der Waals surface area contributed by atoms with Crippen molar-refractivity contribution in [3.05, 3.63) is 44.6 Å². The molecule has 2 rings (SSSR count). The van der Waals surface area contributed by atoms with E-state index in [1.54, 1.807) is 0 Å².